The number of nitrogens with one attached hydrogen (secondary N) is 1. The molecule has 4 rings (SSSR count). The van der Waals surface area contributed by atoms with Gasteiger partial charge in [0.15, 0.2) is 0 Å². The molecule has 0 bridgehead atoms. The number of aryl methyl sites for hydroxylation is 1. The molecule has 0 spiro atoms. The van der Waals surface area contributed by atoms with Crippen LogP contribution in [0.2, 0.25) is 0 Å². The molecule has 2 amide bonds. The van der Waals surface area contributed by atoms with E-state index in [2.05, 4.69) is 17.1 Å². The normalized spacial score (nSPS) is 17.1. The standard InChI is InChI=1S/C28H37N3O3/c1-3-21-8-10-22(11-9-21)28(33)30(4-2)20-27(32)29-23-12-14-25(15-13-23)34-26-16-18-31(19-17-26)24-6-5-7-24/h8-15,24,26H,3-7,16-20H2,1-2H3,(H,29,32). The van der Waals surface area contributed by atoms with Gasteiger partial charge in [-0.05, 0) is 81.0 Å². The first kappa shape index (κ1) is 24.3. The quantitative estimate of drug-likeness (QED) is 0.583. The van der Waals surface area contributed by atoms with Gasteiger partial charge in [-0.25, -0.2) is 0 Å². The molecular formula is C28H37N3O3. The summed E-state index contributed by atoms with van der Waals surface area (Å²) in [7, 11) is 0. The number of rotatable bonds is 9. The summed E-state index contributed by atoms with van der Waals surface area (Å²) in [5.41, 5.74) is 2.49. The minimum absolute atomic E-state index is 0.0165. The summed E-state index contributed by atoms with van der Waals surface area (Å²) in [5.74, 6) is 0.491. The Hall–Kier alpha value is -2.86. The molecule has 34 heavy (non-hydrogen) atoms. The molecule has 1 N–H and O–H groups in total. The SMILES string of the molecule is CCc1ccc(C(=O)N(CC)CC(=O)Nc2ccc(OC3CCN(C4CCC4)CC3)cc2)cc1. The maximum atomic E-state index is 12.8. The first-order chi connectivity index (χ1) is 16.6. The number of carbonyl (C=O) groups excluding carboxylic acids is 2. The van der Waals surface area contributed by atoms with Gasteiger partial charge in [-0.3, -0.25) is 9.59 Å². The van der Waals surface area contributed by atoms with Crippen LogP contribution in [0, 0.1) is 0 Å². The molecule has 2 fully saturated rings. The van der Waals surface area contributed by atoms with Crippen molar-refractivity contribution in [2.75, 3.05) is 31.5 Å². The van der Waals surface area contributed by atoms with E-state index in [1.54, 1.807) is 4.90 Å². The van der Waals surface area contributed by atoms with Gasteiger partial charge in [0.25, 0.3) is 5.91 Å². The zero-order chi connectivity index (χ0) is 23.9. The molecule has 0 radical (unpaired) electrons. The molecule has 2 aliphatic rings. The highest BCUT2D eigenvalue weighted by molar-refractivity contribution is 5.99. The molecule has 6 heteroatoms. The molecule has 1 heterocycles. The third-order valence-electron chi connectivity index (χ3n) is 7.12. The van der Waals surface area contributed by atoms with Crippen LogP contribution in [0.3, 0.4) is 0 Å². The van der Waals surface area contributed by atoms with Crippen LogP contribution in [-0.2, 0) is 11.2 Å². The summed E-state index contributed by atoms with van der Waals surface area (Å²) in [6.45, 7) is 6.69. The number of piperidine rings is 1. The van der Waals surface area contributed by atoms with E-state index in [4.69, 9.17) is 4.74 Å². The molecule has 0 unspecified atom stereocenters. The average Bonchev–Trinajstić information content (AvgIpc) is 2.83. The molecule has 1 saturated heterocycles. The van der Waals surface area contributed by atoms with Crippen molar-refractivity contribution in [3.05, 3.63) is 59.7 Å². The first-order valence-electron chi connectivity index (χ1n) is 12.7. The maximum absolute atomic E-state index is 12.8. The third kappa shape index (κ3) is 6.17. The topological polar surface area (TPSA) is 61.9 Å². The number of anilines is 1. The number of ether oxygens (including phenoxy) is 1. The van der Waals surface area contributed by atoms with Crippen LogP contribution in [0.25, 0.3) is 0 Å². The Morgan fingerprint density at radius 3 is 2.21 bits per heavy atom. The highest BCUT2D eigenvalue weighted by Gasteiger charge is 2.29. The molecule has 2 aromatic carbocycles. The van der Waals surface area contributed by atoms with Crippen LogP contribution in [0.15, 0.2) is 48.5 Å². The molecule has 0 aromatic heterocycles. The molecular weight excluding hydrogens is 426 g/mol. The van der Waals surface area contributed by atoms with Gasteiger partial charge >= 0.3 is 0 Å². The van der Waals surface area contributed by atoms with E-state index in [1.165, 1.54) is 24.8 Å². The number of hydrogen-bond donors (Lipinski definition) is 1. The van der Waals surface area contributed by atoms with Crippen molar-refractivity contribution in [2.45, 2.75) is 64.5 Å². The van der Waals surface area contributed by atoms with Crippen molar-refractivity contribution in [3.63, 3.8) is 0 Å². The lowest BCUT2D eigenvalue weighted by Gasteiger charge is -2.41. The summed E-state index contributed by atoms with van der Waals surface area (Å²) in [4.78, 5) is 29.6. The van der Waals surface area contributed by atoms with E-state index in [9.17, 15) is 9.59 Å². The monoisotopic (exact) mass is 463 g/mol. The van der Waals surface area contributed by atoms with Crippen molar-refractivity contribution in [1.29, 1.82) is 0 Å². The van der Waals surface area contributed by atoms with Gasteiger partial charge in [0.2, 0.25) is 5.91 Å². The second-order valence-corrected chi connectivity index (χ2v) is 9.38. The number of nitrogens with zero attached hydrogens (tertiary/aromatic N) is 2. The van der Waals surface area contributed by atoms with E-state index >= 15 is 0 Å². The molecule has 182 valence electrons. The van der Waals surface area contributed by atoms with Crippen LogP contribution < -0.4 is 10.1 Å². The minimum Gasteiger partial charge on any atom is -0.490 e. The van der Waals surface area contributed by atoms with Crippen molar-refractivity contribution in [2.24, 2.45) is 0 Å². The van der Waals surface area contributed by atoms with Gasteiger partial charge in [0.05, 0.1) is 0 Å². The lowest BCUT2D eigenvalue weighted by Crippen LogP contribution is -2.46. The lowest BCUT2D eigenvalue weighted by atomic mass is 9.90. The predicted octanol–water partition coefficient (Wildman–Crippen LogP) is 4.75. The van der Waals surface area contributed by atoms with Crippen molar-refractivity contribution in [3.8, 4) is 5.75 Å². The van der Waals surface area contributed by atoms with Crippen LogP contribution in [0.4, 0.5) is 5.69 Å². The Balaban J connectivity index is 1.24. The minimum atomic E-state index is -0.211. The number of benzene rings is 2. The van der Waals surface area contributed by atoms with E-state index in [0.717, 1.165) is 44.1 Å². The lowest BCUT2D eigenvalue weighted by molar-refractivity contribution is -0.116. The molecule has 1 aliphatic carbocycles. The van der Waals surface area contributed by atoms with Crippen LogP contribution in [0.1, 0.15) is 61.9 Å². The molecule has 1 aliphatic heterocycles. The summed E-state index contributed by atoms with van der Waals surface area (Å²) >= 11 is 0. The smallest absolute Gasteiger partial charge is 0.254 e. The summed E-state index contributed by atoms with van der Waals surface area (Å²) < 4.78 is 6.18. The van der Waals surface area contributed by atoms with Gasteiger partial charge in [-0.1, -0.05) is 25.5 Å². The van der Waals surface area contributed by atoms with E-state index in [0.29, 0.717) is 17.8 Å². The summed E-state index contributed by atoms with van der Waals surface area (Å²) in [6, 6.07) is 15.9. The largest absolute Gasteiger partial charge is 0.490 e. The van der Waals surface area contributed by atoms with Crippen LogP contribution in [0.5, 0.6) is 5.75 Å². The number of carbonyl (C=O) groups is 2. The fourth-order valence-corrected chi connectivity index (χ4v) is 4.69. The Labute approximate surface area is 203 Å². The van der Waals surface area contributed by atoms with Gasteiger partial charge in [0, 0.05) is 36.9 Å². The number of likely N-dealkylation sites (N-methyl/N-ethyl adjacent to an activating group) is 1. The first-order valence-corrected chi connectivity index (χ1v) is 12.7. The van der Waals surface area contributed by atoms with Crippen molar-refractivity contribution in [1.82, 2.24) is 9.80 Å². The van der Waals surface area contributed by atoms with Crippen molar-refractivity contribution >= 4 is 17.5 Å². The Morgan fingerprint density at radius 2 is 1.65 bits per heavy atom. The van der Waals surface area contributed by atoms with Crippen LogP contribution >= 0.6 is 0 Å². The zero-order valence-corrected chi connectivity index (χ0v) is 20.5. The molecule has 0 atom stereocenters. The van der Waals surface area contributed by atoms with E-state index in [1.807, 2.05) is 55.5 Å². The highest BCUT2D eigenvalue weighted by atomic mass is 16.5. The predicted molar refractivity (Wildman–Crippen MR) is 135 cm³/mol. The number of likely N-dealkylation sites (tertiary alicyclic amines) is 1. The fourth-order valence-electron chi connectivity index (χ4n) is 4.69. The number of amides is 2. The fraction of sp³-hybridized carbons (Fsp3) is 0.500. The second kappa shape index (κ2) is 11.5. The average molecular weight is 464 g/mol. The van der Waals surface area contributed by atoms with Crippen LogP contribution in [-0.4, -0.2) is 59.9 Å². The van der Waals surface area contributed by atoms with Gasteiger partial charge in [0.1, 0.15) is 18.4 Å². The van der Waals surface area contributed by atoms with Gasteiger partial charge < -0.3 is 19.9 Å². The maximum Gasteiger partial charge on any atom is 0.254 e. The Bertz CT molecular complexity index is 946. The molecule has 2 aromatic rings. The molecule has 6 nitrogen and oxygen atoms in total. The Morgan fingerprint density at radius 1 is 0.971 bits per heavy atom. The van der Waals surface area contributed by atoms with Gasteiger partial charge in [-0.2, -0.15) is 0 Å². The number of hydrogen-bond acceptors (Lipinski definition) is 4. The Kier molecular flexibility index (Phi) is 8.22. The van der Waals surface area contributed by atoms with E-state index in [-0.39, 0.29) is 24.5 Å². The highest BCUT2D eigenvalue weighted by Crippen LogP contribution is 2.28. The summed E-state index contributed by atoms with van der Waals surface area (Å²) in [5, 5.41) is 2.90. The van der Waals surface area contributed by atoms with E-state index < -0.39 is 0 Å². The molecule has 1 saturated carbocycles. The summed E-state index contributed by atoms with van der Waals surface area (Å²) in [6.07, 6.45) is 7.41. The van der Waals surface area contributed by atoms with Crippen molar-refractivity contribution < 1.29 is 14.3 Å². The zero-order valence-electron chi connectivity index (χ0n) is 20.5. The third-order valence-corrected chi connectivity index (χ3v) is 7.12. The van der Waals surface area contributed by atoms with Gasteiger partial charge in [-0.15, -0.1) is 0 Å². The second-order valence-electron chi connectivity index (χ2n) is 9.38.